The van der Waals surface area contributed by atoms with Crippen molar-refractivity contribution in [1.29, 1.82) is 0 Å². The molecule has 1 amide bonds. The van der Waals surface area contributed by atoms with Crippen LogP contribution in [0.1, 0.15) is 50.5 Å². The third-order valence-corrected chi connectivity index (χ3v) is 5.37. The maximum absolute atomic E-state index is 13.5. The van der Waals surface area contributed by atoms with Crippen molar-refractivity contribution in [2.75, 3.05) is 5.32 Å². The van der Waals surface area contributed by atoms with Crippen LogP contribution in [0.25, 0.3) is 0 Å². The number of ketones is 1. The van der Waals surface area contributed by atoms with Crippen molar-refractivity contribution >= 4 is 17.4 Å². The van der Waals surface area contributed by atoms with Crippen molar-refractivity contribution in [2.24, 2.45) is 0 Å². The highest BCUT2D eigenvalue weighted by atomic mass is 19.1. The molecule has 0 aliphatic rings. The second-order valence-electron chi connectivity index (χ2n) is 7.92. The third-order valence-electron chi connectivity index (χ3n) is 5.37. The predicted octanol–water partition coefficient (Wildman–Crippen LogP) is 5.31. The van der Waals surface area contributed by atoms with E-state index in [0.717, 1.165) is 11.3 Å². The fourth-order valence-corrected chi connectivity index (χ4v) is 3.53. The molecule has 174 valence electrons. The second kappa shape index (κ2) is 9.74. The van der Waals surface area contributed by atoms with E-state index in [-0.39, 0.29) is 24.0 Å². The number of furan rings is 1. The summed E-state index contributed by atoms with van der Waals surface area (Å²) in [6, 6.07) is 16.4. The van der Waals surface area contributed by atoms with E-state index in [1.54, 1.807) is 54.1 Å². The zero-order valence-corrected chi connectivity index (χ0v) is 19.1. The Balaban J connectivity index is 1.39. The quantitative estimate of drug-likeness (QED) is 0.359. The lowest BCUT2D eigenvalue weighted by Crippen LogP contribution is -2.12. The van der Waals surface area contributed by atoms with Gasteiger partial charge >= 0.3 is 0 Å². The van der Waals surface area contributed by atoms with Crippen molar-refractivity contribution in [3.63, 3.8) is 0 Å². The van der Waals surface area contributed by atoms with E-state index in [0.29, 0.717) is 35.0 Å². The van der Waals surface area contributed by atoms with Crippen LogP contribution in [0.4, 0.5) is 10.1 Å². The number of hydrogen-bond donors (Lipinski definition) is 1. The lowest BCUT2D eigenvalue weighted by Gasteiger charge is -2.07. The van der Waals surface area contributed by atoms with Crippen LogP contribution < -0.4 is 10.1 Å². The fraction of sp³-hybridized carbons (Fsp3) is 0.192. The van der Waals surface area contributed by atoms with Gasteiger partial charge < -0.3 is 14.5 Å². The van der Waals surface area contributed by atoms with Gasteiger partial charge in [-0.25, -0.2) is 4.39 Å². The van der Waals surface area contributed by atoms with Gasteiger partial charge in [-0.1, -0.05) is 12.1 Å². The fourth-order valence-electron chi connectivity index (χ4n) is 3.53. The predicted molar refractivity (Wildman–Crippen MR) is 125 cm³/mol. The molecule has 0 spiro atoms. The minimum Gasteiger partial charge on any atom is -0.486 e. The van der Waals surface area contributed by atoms with Crippen molar-refractivity contribution < 1.29 is 23.1 Å². The standard InChI is InChI=1S/C26H24FN3O4/c1-16-25(17(2)30(29-16)14-19-5-4-6-21(27)13-19)28-26(32)24-12-11-23(34-24)15-33-22-9-7-20(8-10-22)18(3)31/h4-13H,14-15H2,1-3H3,(H,28,32). The number of hydrogen-bond acceptors (Lipinski definition) is 5. The number of nitrogens with one attached hydrogen (secondary N) is 1. The number of aryl methyl sites for hydroxylation is 1. The van der Waals surface area contributed by atoms with Crippen LogP contribution in [-0.2, 0) is 13.2 Å². The van der Waals surface area contributed by atoms with E-state index in [9.17, 15) is 14.0 Å². The molecular weight excluding hydrogens is 437 g/mol. The summed E-state index contributed by atoms with van der Waals surface area (Å²) in [5, 5.41) is 7.33. The molecule has 1 N–H and O–H groups in total. The van der Waals surface area contributed by atoms with Gasteiger partial charge in [0.2, 0.25) is 0 Å². The van der Waals surface area contributed by atoms with Gasteiger partial charge in [0.15, 0.2) is 11.5 Å². The van der Waals surface area contributed by atoms with Crippen LogP contribution in [0.3, 0.4) is 0 Å². The van der Waals surface area contributed by atoms with Gasteiger partial charge in [0.05, 0.1) is 23.6 Å². The first-order chi connectivity index (χ1) is 16.3. The van der Waals surface area contributed by atoms with Crippen LogP contribution in [0.2, 0.25) is 0 Å². The average Bonchev–Trinajstić information content (AvgIpc) is 3.38. The molecule has 7 nitrogen and oxygen atoms in total. The first kappa shape index (κ1) is 23.0. The zero-order chi connectivity index (χ0) is 24.2. The Morgan fingerprint density at radius 2 is 1.85 bits per heavy atom. The molecule has 0 aliphatic carbocycles. The Kier molecular flexibility index (Phi) is 6.58. The number of rotatable bonds is 8. The zero-order valence-electron chi connectivity index (χ0n) is 19.1. The first-order valence-electron chi connectivity index (χ1n) is 10.7. The van der Waals surface area contributed by atoms with E-state index < -0.39 is 5.91 Å². The van der Waals surface area contributed by atoms with Gasteiger partial charge in [-0.05, 0) is 74.9 Å². The van der Waals surface area contributed by atoms with Crippen molar-refractivity contribution in [3.8, 4) is 5.75 Å². The summed E-state index contributed by atoms with van der Waals surface area (Å²) in [5.41, 5.74) is 3.36. The molecular formula is C26H24FN3O4. The van der Waals surface area contributed by atoms with Crippen molar-refractivity contribution in [3.05, 3.63) is 101 Å². The number of halogens is 1. The number of amides is 1. The van der Waals surface area contributed by atoms with Gasteiger partial charge in [-0.2, -0.15) is 5.10 Å². The monoisotopic (exact) mass is 461 g/mol. The van der Waals surface area contributed by atoms with Gasteiger partial charge in [0, 0.05) is 5.56 Å². The summed E-state index contributed by atoms with van der Waals surface area (Å²) in [5.74, 6) is 0.479. The Morgan fingerprint density at radius 3 is 2.56 bits per heavy atom. The smallest absolute Gasteiger partial charge is 0.291 e. The normalized spacial score (nSPS) is 10.8. The molecule has 2 aromatic carbocycles. The summed E-state index contributed by atoms with van der Waals surface area (Å²) in [4.78, 5) is 24.1. The number of aromatic nitrogens is 2. The van der Waals surface area contributed by atoms with E-state index in [1.165, 1.54) is 19.1 Å². The average molecular weight is 461 g/mol. The molecule has 0 bridgehead atoms. The number of benzene rings is 2. The number of carbonyl (C=O) groups is 2. The molecule has 34 heavy (non-hydrogen) atoms. The molecule has 0 saturated carbocycles. The molecule has 0 unspecified atom stereocenters. The summed E-state index contributed by atoms with van der Waals surface area (Å²) in [6.45, 7) is 5.66. The van der Waals surface area contributed by atoms with E-state index in [1.807, 2.05) is 13.0 Å². The molecule has 0 atom stereocenters. The maximum atomic E-state index is 13.5. The van der Waals surface area contributed by atoms with Gasteiger partial charge in [-0.3, -0.25) is 14.3 Å². The summed E-state index contributed by atoms with van der Waals surface area (Å²) in [6.07, 6.45) is 0. The van der Waals surface area contributed by atoms with Crippen LogP contribution in [0.5, 0.6) is 5.75 Å². The summed E-state index contributed by atoms with van der Waals surface area (Å²) >= 11 is 0. The Labute approximate surface area is 196 Å². The van der Waals surface area contributed by atoms with Crippen LogP contribution in [-0.4, -0.2) is 21.5 Å². The highest BCUT2D eigenvalue weighted by Crippen LogP contribution is 2.22. The lowest BCUT2D eigenvalue weighted by atomic mass is 10.1. The number of Topliss-reactive ketones (excluding diaryl/α,β-unsaturated/α-hetero) is 1. The molecule has 0 aliphatic heterocycles. The number of carbonyl (C=O) groups excluding carboxylic acids is 2. The third kappa shape index (κ3) is 5.23. The summed E-state index contributed by atoms with van der Waals surface area (Å²) < 4.78 is 26.5. The molecule has 0 fully saturated rings. The molecule has 4 rings (SSSR count). The molecule has 2 heterocycles. The summed E-state index contributed by atoms with van der Waals surface area (Å²) in [7, 11) is 0. The minimum atomic E-state index is -0.409. The maximum Gasteiger partial charge on any atom is 0.291 e. The molecule has 8 heteroatoms. The molecule has 2 aromatic heterocycles. The largest absolute Gasteiger partial charge is 0.486 e. The van der Waals surface area contributed by atoms with E-state index in [2.05, 4.69) is 10.4 Å². The van der Waals surface area contributed by atoms with Crippen molar-refractivity contribution in [1.82, 2.24) is 9.78 Å². The lowest BCUT2D eigenvalue weighted by molar-refractivity contribution is 0.0990. The minimum absolute atomic E-state index is 0.0155. The van der Waals surface area contributed by atoms with Crippen molar-refractivity contribution in [2.45, 2.75) is 33.9 Å². The van der Waals surface area contributed by atoms with Crippen LogP contribution in [0, 0.1) is 19.7 Å². The highest BCUT2D eigenvalue weighted by molar-refractivity contribution is 6.03. The van der Waals surface area contributed by atoms with Crippen LogP contribution in [0.15, 0.2) is 65.1 Å². The van der Waals surface area contributed by atoms with E-state index >= 15 is 0 Å². The Morgan fingerprint density at radius 1 is 1.09 bits per heavy atom. The topological polar surface area (TPSA) is 86.4 Å². The molecule has 0 saturated heterocycles. The second-order valence-corrected chi connectivity index (χ2v) is 7.92. The van der Waals surface area contributed by atoms with Gasteiger partial charge in [0.25, 0.3) is 5.91 Å². The molecule has 0 radical (unpaired) electrons. The van der Waals surface area contributed by atoms with Gasteiger partial charge in [0.1, 0.15) is 23.9 Å². The number of anilines is 1. The highest BCUT2D eigenvalue weighted by Gasteiger charge is 2.18. The Hall–Kier alpha value is -4.20. The first-order valence-corrected chi connectivity index (χ1v) is 10.7. The van der Waals surface area contributed by atoms with E-state index in [4.69, 9.17) is 9.15 Å². The molecule has 4 aromatic rings. The number of ether oxygens (including phenoxy) is 1. The SMILES string of the molecule is CC(=O)c1ccc(OCc2ccc(C(=O)Nc3c(C)nn(Cc4cccc(F)c4)c3C)o2)cc1. The number of nitrogens with zero attached hydrogens (tertiary/aromatic N) is 2. The van der Waals surface area contributed by atoms with Crippen LogP contribution >= 0.6 is 0 Å². The Bertz CT molecular complexity index is 1340. The van der Waals surface area contributed by atoms with Gasteiger partial charge in [-0.15, -0.1) is 0 Å².